The molecule has 0 aromatic heterocycles. The lowest BCUT2D eigenvalue weighted by atomic mass is 9.94. The number of anilines is 1. The van der Waals surface area contributed by atoms with Crippen LogP contribution in [0.3, 0.4) is 0 Å². The zero-order valence-corrected chi connectivity index (χ0v) is 13.7. The molecule has 0 bridgehead atoms. The molecule has 2 aliphatic rings. The van der Waals surface area contributed by atoms with E-state index < -0.39 is 0 Å². The summed E-state index contributed by atoms with van der Waals surface area (Å²) in [4.78, 5) is 26.5. The molecule has 5 nitrogen and oxygen atoms in total. The van der Waals surface area contributed by atoms with Crippen LogP contribution in [0.15, 0.2) is 24.3 Å². The highest BCUT2D eigenvalue weighted by molar-refractivity contribution is 5.97. The van der Waals surface area contributed by atoms with Gasteiger partial charge in [0.05, 0.1) is 6.04 Å². The number of hydrogen-bond acceptors (Lipinski definition) is 3. The number of piperidine rings is 1. The van der Waals surface area contributed by atoms with Crippen LogP contribution in [-0.4, -0.2) is 42.4 Å². The van der Waals surface area contributed by atoms with Gasteiger partial charge in [-0.3, -0.25) is 9.59 Å². The fourth-order valence-electron chi connectivity index (χ4n) is 3.34. The first-order valence-electron chi connectivity index (χ1n) is 8.57. The summed E-state index contributed by atoms with van der Waals surface area (Å²) in [5.41, 5.74) is 1.43. The Balaban J connectivity index is 1.58. The molecular weight excluding hydrogens is 290 g/mol. The molecule has 2 unspecified atom stereocenters. The third-order valence-electron chi connectivity index (χ3n) is 4.78. The molecule has 2 aliphatic heterocycles. The molecule has 23 heavy (non-hydrogen) atoms. The van der Waals surface area contributed by atoms with E-state index in [0.29, 0.717) is 11.5 Å². The van der Waals surface area contributed by atoms with Crippen molar-refractivity contribution in [3.8, 4) is 0 Å². The van der Waals surface area contributed by atoms with Gasteiger partial charge in [-0.15, -0.1) is 0 Å². The lowest BCUT2D eigenvalue weighted by Gasteiger charge is -2.27. The molecule has 124 valence electrons. The first kappa shape index (κ1) is 16.0. The van der Waals surface area contributed by atoms with E-state index in [1.165, 1.54) is 0 Å². The number of hydrogen-bond donors (Lipinski definition) is 2. The molecule has 2 N–H and O–H groups in total. The summed E-state index contributed by atoms with van der Waals surface area (Å²) >= 11 is 0. The minimum Gasteiger partial charge on any atom is -0.339 e. The summed E-state index contributed by atoms with van der Waals surface area (Å²) in [5, 5.41) is 6.20. The molecule has 1 aromatic rings. The van der Waals surface area contributed by atoms with Crippen molar-refractivity contribution >= 4 is 17.5 Å². The molecule has 2 heterocycles. The molecule has 0 aliphatic carbocycles. The zero-order valence-electron chi connectivity index (χ0n) is 13.7. The van der Waals surface area contributed by atoms with Crippen LogP contribution in [0.4, 0.5) is 5.69 Å². The molecule has 3 rings (SSSR count). The largest absolute Gasteiger partial charge is 0.339 e. The fourth-order valence-corrected chi connectivity index (χ4v) is 3.34. The van der Waals surface area contributed by atoms with Crippen LogP contribution in [0, 0.1) is 5.92 Å². The number of nitrogens with one attached hydrogen (secondary N) is 2. The Labute approximate surface area is 137 Å². The van der Waals surface area contributed by atoms with E-state index in [0.717, 1.165) is 51.0 Å². The van der Waals surface area contributed by atoms with E-state index in [2.05, 4.69) is 17.6 Å². The first-order chi connectivity index (χ1) is 11.1. The number of benzene rings is 1. The fraction of sp³-hybridized carbons (Fsp3) is 0.556. The van der Waals surface area contributed by atoms with Gasteiger partial charge in [0.2, 0.25) is 5.91 Å². The van der Waals surface area contributed by atoms with Crippen molar-refractivity contribution in [1.82, 2.24) is 10.2 Å². The van der Waals surface area contributed by atoms with Crippen molar-refractivity contribution < 1.29 is 9.59 Å². The van der Waals surface area contributed by atoms with Gasteiger partial charge in [0, 0.05) is 24.3 Å². The van der Waals surface area contributed by atoms with Crippen molar-refractivity contribution in [1.29, 1.82) is 0 Å². The van der Waals surface area contributed by atoms with Crippen LogP contribution in [0.25, 0.3) is 0 Å². The molecule has 2 atom stereocenters. The molecule has 2 fully saturated rings. The third kappa shape index (κ3) is 3.91. The molecule has 5 heteroatoms. The standard InChI is InChI=1S/C18H25N3O2/c1-13-8-9-19-16(12-13)17(22)20-15-6-4-14(5-7-15)18(23)21-10-2-3-11-21/h4-7,13,16,19H,2-3,8-12H2,1H3,(H,20,22). The third-order valence-corrected chi connectivity index (χ3v) is 4.78. The molecule has 0 radical (unpaired) electrons. The number of amides is 2. The second kappa shape index (κ2) is 7.13. The smallest absolute Gasteiger partial charge is 0.253 e. The maximum absolute atomic E-state index is 12.3. The summed E-state index contributed by atoms with van der Waals surface area (Å²) in [6.07, 6.45) is 4.17. The van der Waals surface area contributed by atoms with Gasteiger partial charge in [0.25, 0.3) is 5.91 Å². The quantitative estimate of drug-likeness (QED) is 0.899. The van der Waals surface area contributed by atoms with Crippen LogP contribution in [0.2, 0.25) is 0 Å². The molecular formula is C18H25N3O2. The van der Waals surface area contributed by atoms with Crippen LogP contribution in [0.1, 0.15) is 43.0 Å². The van der Waals surface area contributed by atoms with Gasteiger partial charge < -0.3 is 15.5 Å². The highest BCUT2D eigenvalue weighted by Gasteiger charge is 2.24. The lowest BCUT2D eigenvalue weighted by Crippen LogP contribution is -2.45. The number of rotatable bonds is 3. The monoisotopic (exact) mass is 315 g/mol. The molecule has 0 spiro atoms. The lowest BCUT2D eigenvalue weighted by molar-refractivity contribution is -0.119. The summed E-state index contributed by atoms with van der Waals surface area (Å²) in [6.45, 7) is 4.77. The zero-order chi connectivity index (χ0) is 16.2. The Morgan fingerprint density at radius 1 is 1.17 bits per heavy atom. The van der Waals surface area contributed by atoms with Crippen molar-refractivity contribution in [2.75, 3.05) is 25.0 Å². The van der Waals surface area contributed by atoms with Gasteiger partial charge in [-0.2, -0.15) is 0 Å². The van der Waals surface area contributed by atoms with Crippen molar-refractivity contribution in [3.63, 3.8) is 0 Å². The highest BCUT2D eigenvalue weighted by atomic mass is 16.2. The Hall–Kier alpha value is -1.88. The minimum atomic E-state index is -0.121. The molecule has 2 amide bonds. The summed E-state index contributed by atoms with van der Waals surface area (Å²) < 4.78 is 0. The SMILES string of the molecule is CC1CCNC(C(=O)Nc2ccc(C(=O)N3CCCC3)cc2)C1. The van der Waals surface area contributed by atoms with Crippen LogP contribution < -0.4 is 10.6 Å². The Morgan fingerprint density at radius 3 is 2.52 bits per heavy atom. The van der Waals surface area contributed by atoms with Crippen molar-refractivity contribution in [2.24, 2.45) is 5.92 Å². The number of nitrogens with zero attached hydrogens (tertiary/aromatic N) is 1. The van der Waals surface area contributed by atoms with Gasteiger partial charge in [-0.25, -0.2) is 0 Å². The van der Waals surface area contributed by atoms with E-state index in [9.17, 15) is 9.59 Å². The van der Waals surface area contributed by atoms with Crippen LogP contribution in [0.5, 0.6) is 0 Å². The van der Waals surface area contributed by atoms with E-state index >= 15 is 0 Å². The average molecular weight is 315 g/mol. The normalized spacial score (nSPS) is 24.5. The van der Waals surface area contributed by atoms with Gasteiger partial charge in [0.15, 0.2) is 0 Å². The van der Waals surface area contributed by atoms with Gasteiger partial charge in [0.1, 0.15) is 0 Å². The van der Waals surface area contributed by atoms with Gasteiger partial charge in [-0.1, -0.05) is 6.92 Å². The van der Waals surface area contributed by atoms with E-state index in [1.807, 2.05) is 17.0 Å². The number of carbonyl (C=O) groups is 2. The van der Waals surface area contributed by atoms with Crippen LogP contribution in [-0.2, 0) is 4.79 Å². The Bertz CT molecular complexity index is 564. The molecule has 0 saturated carbocycles. The molecule has 1 aromatic carbocycles. The average Bonchev–Trinajstić information content (AvgIpc) is 3.09. The van der Waals surface area contributed by atoms with E-state index in [4.69, 9.17) is 0 Å². The summed E-state index contributed by atoms with van der Waals surface area (Å²) in [6, 6.07) is 7.10. The Kier molecular flexibility index (Phi) is 4.96. The highest BCUT2D eigenvalue weighted by Crippen LogP contribution is 2.18. The van der Waals surface area contributed by atoms with E-state index in [1.54, 1.807) is 12.1 Å². The number of carbonyl (C=O) groups excluding carboxylic acids is 2. The second-order valence-corrected chi connectivity index (χ2v) is 6.70. The van der Waals surface area contributed by atoms with Gasteiger partial charge in [-0.05, 0) is 62.4 Å². The predicted molar refractivity (Wildman–Crippen MR) is 90.4 cm³/mol. The van der Waals surface area contributed by atoms with Crippen molar-refractivity contribution in [2.45, 2.75) is 38.6 Å². The predicted octanol–water partition coefficient (Wildman–Crippen LogP) is 2.25. The minimum absolute atomic E-state index is 0.00942. The number of likely N-dealkylation sites (tertiary alicyclic amines) is 1. The first-order valence-corrected chi connectivity index (χ1v) is 8.57. The molecule has 2 saturated heterocycles. The maximum Gasteiger partial charge on any atom is 0.253 e. The summed E-state index contributed by atoms with van der Waals surface area (Å²) in [5.74, 6) is 0.672. The maximum atomic E-state index is 12.3. The topological polar surface area (TPSA) is 61.4 Å². The Morgan fingerprint density at radius 2 is 1.87 bits per heavy atom. The second-order valence-electron chi connectivity index (χ2n) is 6.70. The van der Waals surface area contributed by atoms with Gasteiger partial charge >= 0.3 is 0 Å². The van der Waals surface area contributed by atoms with E-state index in [-0.39, 0.29) is 17.9 Å². The summed E-state index contributed by atoms with van der Waals surface area (Å²) in [7, 11) is 0. The van der Waals surface area contributed by atoms with Crippen molar-refractivity contribution in [3.05, 3.63) is 29.8 Å². The van der Waals surface area contributed by atoms with Crippen LogP contribution >= 0.6 is 0 Å².